The summed E-state index contributed by atoms with van der Waals surface area (Å²) in [5, 5.41) is 14.9. The van der Waals surface area contributed by atoms with E-state index >= 15 is 0 Å². The van der Waals surface area contributed by atoms with Crippen molar-refractivity contribution in [2.75, 3.05) is 23.8 Å². The first-order chi connectivity index (χ1) is 20.2. The van der Waals surface area contributed by atoms with Gasteiger partial charge in [-0.25, -0.2) is 9.51 Å². The van der Waals surface area contributed by atoms with Gasteiger partial charge in [0.15, 0.2) is 17.8 Å². The van der Waals surface area contributed by atoms with Crippen LogP contribution in [0.4, 0.5) is 11.4 Å². The maximum atomic E-state index is 12.8. The molecule has 1 amide bonds. The zero-order valence-electron chi connectivity index (χ0n) is 22.0. The average Bonchev–Trinajstić information content (AvgIpc) is 3.42. The summed E-state index contributed by atoms with van der Waals surface area (Å²) in [5.41, 5.74) is 6.52. The molecule has 0 spiro atoms. The van der Waals surface area contributed by atoms with Crippen LogP contribution < -0.4 is 25.4 Å². The predicted molar refractivity (Wildman–Crippen MR) is 159 cm³/mol. The number of aliphatic imine (C=N–C) groups is 1. The average molecular weight is 543 g/mol. The van der Waals surface area contributed by atoms with Crippen molar-refractivity contribution < 1.29 is 14.3 Å². The van der Waals surface area contributed by atoms with Crippen LogP contribution in [0.2, 0.25) is 0 Å². The highest BCUT2D eigenvalue weighted by Crippen LogP contribution is 2.35. The highest BCUT2D eigenvalue weighted by molar-refractivity contribution is 6.04. The van der Waals surface area contributed by atoms with Gasteiger partial charge in [0.1, 0.15) is 18.9 Å². The molecule has 0 bridgehead atoms. The van der Waals surface area contributed by atoms with Crippen molar-refractivity contribution in [1.29, 1.82) is 0 Å². The van der Waals surface area contributed by atoms with Crippen LogP contribution in [0.3, 0.4) is 0 Å². The lowest BCUT2D eigenvalue weighted by Gasteiger charge is -2.24. The molecule has 9 nitrogen and oxygen atoms in total. The maximum Gasteiger partial charge on any atom is 0.255 e. The molecule has 2 aliphatic heterocycles. The number of carbonyl (C=O) groups excluding carboxylic acids is 1. The Morgan fingerprint density at radius 1 is 0.878 bits per heavy atom. The van der Waals surface area contributed by atoms with E-state index in [4.69, 9.17) is 14.6 Å². The monoisotopic (exact) mass is 542 g/mol. The van der Waals surface area contributed by atoms with Crippen LogP contribution in [0.5, 0.6) is 11.5 Å². The lowest BCUT2D eigenvalue weighted by molar-refractivity contribution is 0.102. The third-order valence-corrected chi connectivity index (χ3v) is 6.85. The number of ether oxygens (including phenoxy) is 2. The Balaban J connectivity index is 1.19. The van der Waals surface area contributed by atoms with Crippen LogP contribution in [0, 0.1) is 0 Å². The van der Waals surface area contributed by atoms with Crippen LogP contribution in [0.15, 0.2) is 108 Å². The fraction of sp³-hybridized carbons (Fsp3) is 0.0938. The van der Waals surface area contributed by atoms with E-state index < -0.39 is 6.29 Å². The van der Waals surface area contributed by atoms with Crippen molar-refractivity contribution in [3.63, 3.8) is 0 Å². The molecule has 3 aromatic carbocycles. The van der Waals surface area contributed by atoms with E-state index in [1.54, 1.807) is 18.3 Å². The Bertz CT molecular complexity index is 1810. The van der Waals surface area contributed by atoms with Crippen LogP contribution in [-0.4, -0.2) is 41.2 Å². The molecular formula is C32H26N6O3. The van der Waals surface area contributed by atoms with Crippen LogP contribution >= 0.6 is 0 Å². The molecule has 202 valence electrons. The van der Waals surface area contributed by atoms with Crippen molar-refractivity contribution in [1.82, 2.24) is 14.9 Å². The van der Waals surface area contributed by atoms with E-state index in [-0.39, 0.29) is 5.91 Å². The minimum atomic E-state index is -0.416. The molecule has 5 aromatic rings. The van der Waals surface area contributed by atoms with Crippen molar-refractivity contribution in [2.24, 2.45) is 4.99 Å². The first-order valence-electron chi connectivity index (χ1n) is 13.3. The first-order valence-corrected chi connectivity index (χ1v) is 13.3. The number of carbonyl (C=O) groups is 1. The zero-order valence-corrected chi connectivity index (χ0v) is 22.0. The topological polar surface area (TPSA) is 101 Å². The van der Waals surface area contributed by atoms with Gasteiger partial charge in [-0.2, -0.15) is 5.10 Å². The predicted octanol–water partition coefficient (Wildman–Crippen LogP) is 5.44. The number of pyridine rings is 1. The Morgan fingerprint density at radius 3 is 2.63 bits per heavy atom. The number of anilines is 2. The van der Waals surface area contributed by atoms with Gasteiger partial charge in [-0.15, -0.1) is 0 Å². The van der Waals surface area contributed by atoms with Crippen molar-refractivity contribution in [3.8, 4) is 22.8 Å². The van der Waals surface area contributed by atoms with Gasteiger partial charge in [0.05, 0.1) is 16.8 Å². The van der Waals surface area contributed by atoms with Crippen molar-refractivity contribution in [2.45, 2.75) is 6.29 Å². The molecule has 9 heteroatoms. The molecule has 4 heterocycles. The lowest BCUT2D eigenvalue weighted by Crippen LogP contribution is -2.35. The number of benzene rings is 3. The number of rotatable bonds is 6. The number of aromatic nitrogens is 2. The Morgan fingerprint density at radius 2 is 1.73 bits per heavy atom. The van der Waals surface area contributed by atoms with E-state index in [2.05, 4.69) is 20.9 Å². The number of nitrogens with one attached hydrogen (secondary N) is 3. The van der Waals surface area contributed by atoms with Gasteiger partial charge in [0, 0.05) is 41.0 Å². The summed E-state index contributed by atoms with van der Waals surface area (Å²) >= 11 is 0. The first kappa shape index (κ1) is 24.5. The number of fused-ring (bicyclic) bond motifs is 2. The second kappa shape index (κ2) is 10.5. The molecule has 0 radical (unpaired) electrons. The van der Waals surface area contributed by atoms with Crippen molar-refractivity contribution >= 4 is 34.7 Å². The normalized spacial score (nSPS) is 15.6. The van der Waals surface area contributed by atoms with E-state index in [9.17, 15) is 4.79 Å². The Kier molecular flexibility index (Phi) is 6.29. The SMILES string of the molecule is O=C(Nc1cccc(-c2nn3ccccc3c2C2=CC=NC(Nc3ccc4c(c3)OCCO4)N2)c1)c1ccccc1. The molecule has 2 aromatic heterocycles. The van der Waals surface area contributed by atoms with Gasteiger partial charge in [0.25, 0.3) is 5.91 Å². The van der Waals surface area contributed by atoms with Gasteiger partial charge in [-0.1, -0.05) is 36.4 Å². The Labute approximate surface area is 236 Å². The quantitative estimate of drug-likeness (QED) is 0.264. The van der Waals surface area contributed by atoms with Crippen LogP contribution in [0.25, 0.3) is 22.5 Å². The smallest absolute Gasteiger partial charge is 0.255 e. The fourth-order valence-corrected chi connectivity index (χ4v) is 4.96. The summed E-state index contributed by atoms with van der Waals surface area (Å²) in [6.07, 6.45) is 5.23. The van der Waals surface area contributed by atoms with Gasteiger partial charge < -0.3 is 25.4 Å². The second-order valence-electron chi connectivity index (χ2n) is 9.58. The van der Waals surface area contributed by atoms with E-state index in [0.717, 1.165) is 39.5 Å². The standard InChI is InChI=1S/C32H26N6O3/c39-31(21-7-2-1-3-8-21)34-23-10-6-9-22(19-23)30-29(26-11-4-5-16-38(26)37-30)25-14-15-33-32(36-25)35-24-12-13-27-28(20-24)41-18-17-40-27/h1-16,19-20,32,35-36H,17-18H2,(H,34,39). The second-order valence-corrected chi connectivity index (χ2v) is 9.58. The molecular weight excluding hydrogens is 516 g/mol. The summed E-state index contributed by atoms with van der Waals surface area (Å²) in [6.45, 7) is 1.07. The molecule has 2 aliphatic rings. The molecule has 3 N–H and O–H groups in total. The molecule has 1 unspecified atom stereocenters. The molecule has 0 saturated heterocycles. The molecule has 0 fully saturated rings. The van der Waals surface area contributed by atoms with Gasteiger partial charge >= 0.3 is 0 Å². The van der Waals surface area contributed by atoms with Gasteiger partial charge in [0.2, 0.25) is 0 Å². The minimum absolute atomic E-state index is 0.168. The largest absolute Gasteiger partial charge is 0.486 e. The number of hydrogen-bond donors (Lipinski definition) is 3. The summed E-state index contributed by atoms with van der Waals surface area (Å²) in [4.78, 5) is 17.4. The lowest BCUT2D eigenvalue weighted by atomic mass is 10.0. The summed E-state index contributed by atoms with van der Waals surface area (Å²) in [6, 6.07) is 28.6. The molecule has 1 atom stereocenters. The highest BCUT2D eigenvalue weighted by Gasteiger charge is 2.22. The fourth-order valence-electron chi connectivity index (χ4n) is 4.96. The number of amides is 1. The summed E-state index contributed by atoms with van der Waals surface area (Å²) in [5.74, 6) is 1.28. The maximum absolute atomic E-state index is 12.8. The number of hydrogen-bond acceptors (Lipinski definition) is 7. The number of allylic oxidation sites excluding steroid dienone is 1. The highest BCUT2D eigenvalue weighted by atomic mass is 16.6. The summed E-state index contributed by atoms with van der Waals surface area (Å²) in [7, 11) is 0. The molecule has 0 aliphatic carbocycles. The van der Waals surface area contributed by atoms with E-state index in [1.165, 1.54) is 0 Å². The third kappa shape index (κ3) is 4.96. The summed E-state index contributed by atoms with van der Waals surface area (Å²) < 4.78 is 13.2. The third-order valence-electron chi connectivity index (χ3n) is 6.85. The molecule has 7 rings (SSSR count). The van der Waals surface area contributed by atoms with Crippen LogP contribution in [0.1, 0.15) is 15.9 Å². The van der Waals surface area contributed by atoms with E-state index in [0.29, 0.717) is 30.2 Å². The minimum Gasteiger partial charge on any atom is -0.486 e. The van der Waals surface area contributed by atoms with E-state index in [1.807, 2.05) is 95.7 Å². The van der Waals surface area contributed by atoms with Gasteiger partial charge in [-0.3, -0.25) is 4.79 Å². The molecule has 41 heavy (non-hydrogen) atoms. The van der Waals surface area contributed by atoms with Crippen molar-refractivity contribution in [3.05, 3.63) is 114 Å². The molecule has 0 saturated carbocycles. The number of nitrogens with zero attached hydrogens (tertiary/aromatic N) is 3. The Hall–Kier alpha value is -5.57. The zero-order chi connectivity index (χ0) is 27.6. The van der Waals surface area contributed by atoms with Gasteiger partial charge in [-0.05, 0) is 54.6 Å². The van der Waals surface area contributed by atoms with Crippen LogP contribution in [-0.2, 0) is 0 Å².